The van der Waals surface area contributed by atoms with Crippen molar-refractivity contribution in [3.8, 4) is 0 Å². The van der Waals surface area contributed by atoms with Gasteiger partial charge in [0.25, 0.3) is 0 Å². The van der Waals surface area contributed by atoms with Crippen LogP contribution in [0.15, 0.2) is 24.4 Å². The van der Waals surface area contributed by atoms with Crippen molar-refractivity contribution in [2.24, 2.45) is 5.41 Å². The van der Waals surface area contributed by atoms with Crippen LogP contribution in [0.5, 0.6) is 0 Å². The molecule has 1 aromatic heterocycles. The van der Waals surface area contributed by atoms with Gasteiger partial charge in [-0.25, -0.2) is 0 Å². The molecule has 0 aliphatic carbocycles. The first-order valence-corrected chi connectivity index (χ1v) is 5.85. The van der Waals surface area contributed by atoms with Crippen LogP contribution in [-0.4, -0.2) is 23.2 Å². The lowest BCUT2D eigenvalue weighted by Gasteiger charge is -2.24. The molecule has 90 valence electrons. The highest BCUT2D eigenvalue weighted by Gasteiger charge is 2.16. The van der Waals surface area contributed by atoms with Crippen molar-refractivity contribution in [2.45, 2.75) is 33.2 Å². The van der Waals surface area contributed by atoms with Crippen LogP contribution in [-0.2, 0) is 6.54 Å². The largest absolute Gasteiger partial charge is 0.396 e. The average Bonchev–Trinajstić information content (AvgIpc) is 2.28. The first-order chi connectivity index (χ1) is 7.64. The minimum absolute atomic E-state index is 0.234. The van der Waals surface area contributed by atoms with Crippen LogP contribution < -0.4 is 5.32 Å². The molecule has 0 aromatic carbocycles. The predicted octanol–water partition coefficient (Wildman–Crippen LogP) is 1.97. The van der Waals surface area contributed by atoms with E-state index in [2.05, 4.69) is 24.1 Å². The van der Waals surface area contributed by atoms with Crippen LogP contribution in [0.2, 0.25) is 0 Å². The van der Waals surface area contributed by atoms with E-state index in [1.54, 1.807) is 0 Å². The lowest BCUT2D eigenvalue weighted by atomic mass is 9.88. The number of rotatable bonds is 7. The van der Waals surface area contributed by atoms with E-state index >= 15 is 0 Å². The monoisotopic (exact) mass is 222 g/mol. The maximum atomic E-state index is 8.80. The van der Waals surface area contributed by atoms with Gasteiger partial charge in [0.1, 0.15) is 0 Å². The molecule has 0 unspecified atom stereocenters. The molecule has 1 aromatic rings. The fourth-order valence-corrected chi connectivity index (χ4v) is 1.68. The Morgan fingerprint density at radius 1 is 1.38 bits per heavy atom. The van der Waals surface area contributed by atoms with Gasteiger partial charge >= 0.3 is 0 Å². The van der Waals surface area contributed by atoms with Crippen LogP contribution in [0, 0.1) is 5.41 Å². The highest BCUT2D eigenvalue weighted by molar-refractivity contribution is 5.02. The predicted molar refractivity (Wildman–Crippen MR) is 66.0 cm³/mol. The van der Waals surface area contributed by atoms with Gasteiger partial charge in [0.15, 0.2) is 0 Å². The van der Waals surface area contributed by atoms with Crippen molar-refractivity contribution >= 4 is 0 Å². The Balaban J connectivity index is 2.24. The van der Waals surface area contributed by atoms with Gasteiger partial charge < -0.3 is 10.4 Å². The van der Waals surface area contributed by atoms with Crippen LogP contribution in [0.25, 0.3) is 0 Å². The zero-order valence-electron chi connectivity index (χ0n) is 10.2. The second kappa shape index (κ2) is 6.61. The van der Waals surface area contributed by atoms with Crippen LogP contribution in [0.1, 0.15) is 32.4 Å². The van der Waals surface area contributed by atoms with Gasteiger partial charge in [-0.15, -0.1) is 0 Å². The zero-order chi connectivity index (χ0) is 11.9. The molecule has 0 fully saturated rings. The maximum absolute atomic E-state index is 8.80. The second-order valence-electron chi connectivity index (χ2n) is 4.92. The molecule has 0 spiro atoms. The molecule has 0 amide bonds. The summed E-state index contributed by atoms with van der Waals surface area (Å²) < 4.78 is 0. The van der Waals surface area contributed by atoms with Gasteiger partial charge in [0.2, 0.25) is 0 Å². The lowest BCUT2D eigenvalue weighted by molar-refractivity contribution is 0.236. The summed E-state index contributed by atoms with van der Waals surface area (Å²) in [5.41, 5.74) is 1.30. The summed E-state index contributed by atoms with van der Waals surface area (Å²) in [6.45, 7) is 6.47. The molecule has 0 radical (unpaired) electrons. The second-order valence-corrected chi connectivity index (χ2v) is 4.92. The van der Waals surface area contributed by atoms with Crippen LogP contribution >= 0.6 is 0 Å². The molecule has 2 N–H and O–H groups in total. The van der Waals surface area contributed by atoms with E-state index in [4.69, 9.17) is 5.11 Å². The van der Waals surface area contributed by atoms with Crippen molar-refractivity contribution < 1.29 is 5.11 Å². The number of nitrogens with zero attached hydrogens (tertiary/aromatic N) is 1. The van der Waals surface area contributed by atoms with E-state index in [1.807, 2.05) is 24.4 Å². The Morgan fingerprint density at radius 2 is 2.19 bits per heavy atom. The molecule has 3 heteroatoms. The normalized spacial score (nSPS) is 11.7. The Hall–Kier alpha value is -0.930. The van der Waals surface area contributed by atoms with Gasteiger partial charge in [0.05, 0.1) is 5.69 Å². The number of hydrogen-bond acceptors (Lipinski definition) is 3. The van der Waals surface area contributed by atoms with Gasteiger partial charge in [-0.1, -0.05) is 19.9 Å². The maximum Gasteiger partial charge on any atom is 0.0541 e. The summed E-state index contributed by atoms with van der Waals surface area (Å²) in [7, 11) is 0. The molecule has 0 saturated carbocycles. The van der Waals surface area contributed by atoms with E-state index in [9.17, 15) is 0 Å². The molecule has 0 saturated heterocycles. The summed E-state index contributed by atoms with van der Waals surface area (Å²) in [5, 5.41) is 12.2. The molecule has 0 atom stereocenters. The summed E-state index contributed by atoms with van der Waals surface area (Å²) in [4.78, 5) is 4.26. The molecule has 0 aliphatic rings. The van der Waals surface area contributed by atoms with Crippen molar-refractivity contribution in [1.29, 1.82) is 0 Å². The van der Waals surface area contributed by atoms with E-state index in [-0.39, 0.29) is 12.0 Å². The number of pyridine rings is 1. The Morgan fingerprint density at radius 3 is 2.81 bits per heavy atom. The van der Waals surface area contributed by atoms with Crippen molar-refractivity contribution in [3.63, 3.8) is 0 Å². The first kappa shape index (κ1) is 13.1. The van der Waals surface area contributed by atoms with E-state index in [0.717, 1.165) is 31.6 Å². The number of hydrogen-bond donors (Lipinski definition) is 2. The Labute approximate surface area is 97.9 Å². The van der Waals surface area contributed by atoms with Gasteiger partial charge in [-0.2, -0.15) is 0 Å². The molecule has 3 nitrogen and oxygen atoms in total. The number of nitrogens with one attached hydrogen (secondary N) is 1. The number of aromatic nitrogens is 1. The quantitative estimate of drug-likeness (QED) is 0.741. The molecule has 0 aliphatic heterocycles. The molecule has 1 heterocycles. The first-order valence-electron chi connectivity index (χ1n) is 5.85. The summed E-state index contributed by atoms with van der Waals surface area (Å²) in [6.07, 6.45) is 3.73. The third kappa shape index (κ3) is 5.24. The highest BCUT2D eigenvalue weighted by atomic mass is 16.2. The van der Waals surface area contributed by atoms with E-state index < -0.39 is 0 Å². The number of aliphatic hydroxyl groups is 1. The SMILES string of the molecule is CC(C)(CCCO)CNCc1ccccn1. The molecule has 1 rings (SSSR count). The zero-order valence-corrected chi connectivity index (χ0v) is 10.2. The third-order valence-corrected chi connectivity index (χ3v) is 2.65. The van der Waals surface area contributed by atoms with Crippen molar-refractivity contribution in [2.75, 3.05) is 13.2 Å². The lowest BCUT2D eigenvalue weighted by Crippen LogP contribution is -2.29. The Bertz CT molecular complexity index is 285. The molecule has 16 heavy (non-hydrogen) atoms. The van der Waals surface area contributed by atoms with Gasteiger partial charge in [0, 0.05) is 25.9 Å². The molecule has 0 bridgehead atoms. The Kier molecular flexibility index (Phi) is 5.43. The third-order valence-electron chi connectivity index (χ3n) is 2.65. The molecular weight excluding hydrogens is 200 g/mol. The average molecular weight is 222 g/mol. The number of aliphatic hydroxyl groups excluding tert-OH is 1. The smallest absolute Gasteiger partial charge is 0.0541 e. The highest BCUT2D eigenvalue weighted by Crippen LogP contribution is 2.20. The van der Waals surface area contributed by atoms with Crippen molar-refractivity contribution in [3.05, 3.63) is 30.1 Å². The standard InChI is InChI=1S/C13H22N2O/c1-13(2,7-5-9-16)11-14-10-12-6-3-4-8-15-12/h3-4,6,8,14,16H,5,7,9-11H2,1-2H3. The van der Waals surface area contributed by atoms with Gasteiger partial charge in [-0.05, 0) is 30.4 Å². The summed E-state index contributed by atoms with van der Waals surface area (Å²) in [5.74, 6) is 0. The van der Waals surface area contributed by atoms with Gasteiger partial charge in [-0.3, -0.25) is 4.98 Å². The van der Waals surface area contributed by atoms with Crippen LogP contribution in [0.3, 0.4) is 0 Å². The van der Waals surface area contributed by atoms with E-state index in [0.29, 0.717) is 0 Å². The molecular formula is C13H22N2O. The minimum Gasteiger partial charge on any atom is -0.396 e. The summed E-state index contributed by atoms with van der Waals surface area (Å²) in [6, 6.07) is 5.95. The van der Waals surface area contributed by atoms with Crippen LogP contribution in [0.4, 0.5) is 0 Å². The van der Waals surface area contributed by atoms with E-state index in [1.165, 1.54) is 0 Å². The fraction of sp³-hybridized carbons (Fsp3) is 0.615. The fourth-order valence-electron chi connectivity index (χ4n) is 1.68. The minimum atomic E-state index is 0.234. The summed E-state index contributed by atoms with van der Waals surface area (Å²) >= 11 is 0. The van der Waals surface area contributed by atoms with Crippen molar-refractivity contribution in [1.82, 2.24) is 10.3 Å². The topological polar surface area (TPSA) is 45.1 Å².